The molecule has 5 nitrogen and oxygen atoms in total. The van der Waals surface area contributed by atoms with Crippen LogP contribution in [0.25, 0.3) is 0 Å². The van der Waals surface area contributed by atoms with Crippen LogP contribution in [0.5, 0.6) is 0 Å². The summed E-state index contributed by atoms with van der Waals surface area (Å²) in [6, 6.07) is 0. The molecule has 0 bridgehead atoms. The first kappa shape index (κ1) is 15.5. The number of nitrogens with zero attached hydrogens (tertiary/aromatic N) is 1. The van der Waals surface area contributed by atoms with Crippen molar-refractivity contribution in [2.24, 2.45) is 10.8 Å². The molecule has 4 N–H and O–H groups in total. The number of ether oxygens (including phenoxy) is 1. The lowest BCUT2D eigenvalue weighted by atomic mass is 10.4. The molecule has 0 amide bonds. The molecule has 0 aliphatic carbocycles. The minimum atomic E-state index is 0.664. The molecule has 0 spiro atoms. The first-order valence-electron chi connectivity index (χ1n) is 5.66. The van der Waals surface area contributed by atoms with Gasteiger partial charge >= 0.3 is 0 Å². The number of nitrogens with one attached hydrogen (secondary N) is 2. The second kappa shape index (κ2) is 12.6. The summed E-state index contributed by atoms with van der Waals surface area (Å²) in [5.41, 5.74) is 2.56. The van der Waals surface area contributed by atoms with Crippen molar-refractivity contribution in [2.75, 3.05) is 38.3 Å². The van der Waals surface area contributed by atoms with Crippen LogP contribution in [0.3, 0.4) is 0 Å². The van der Waals surface area contributed by atoms with E-state index in [-0.39, 0.29) is 0 Å². The van der Waals surface area contributed by atoms with Gasteiger partial charge in [-0.25, -0.2) is 5.84 Å². The maximum absolute atomic E-state index is 5.35. The van der Waals surface area contributed by atoms with Gasteiger partial charge in [-0.1, -0.05) is 0 Å². The summed E-state index contributed by atoms with van der Waals surface area (Å²) in [6.07, 6.45) is 4.13. The summed E-state index contributed by atoms with van der Waals surface area (Å²) >= 11 is 1.83. The number of thioether (sulfide) groups is 1. The number of hydrogen-bond donors (Lipinski definition) is 3. The van der Waals surface area contributed by atoms with Gasteiger partial charge in [-0.3, -0.25) is 10.4 Å². The van der Waals surface area contributed by atoms with E-state index in [1.807, 2.05) is 18.7 Å². The zero-order chi connectivity index (χ0) is 12.1. The van der Waals surface area contributed by atoms with Gasteiger partial charge in [0.1, 0.15) is 0 Å². The summed E-state index contributed by atoms with van der Waals surface area (Å²) in [7, 11) is 0. The van der Waals surface area contributed by atoms with Gasteiger partial charge in [0.2, 0.25) is 5.96 Å². The molecule has 0 rings (SSSR count). The van der Waals surface area contributed by atoms with E-state index in [4.69, 9.17) is 10.6 Å². The van der Waals surface area contributed by atoms with Crippen LogP contribution in [0.15, 0.2) is 4.99 Å². The Bertz CT molecular complexity index is 178. The van der Waals surface area contributed by atoms with Gasteiger partial charge in [-0.2, -0.15) is 11.8 Å². The van der Waals surface area contributed by atoms with Crippen molar-refractivity contribution >= 4 is 17.7 Å². The molecule has 0 aliphatic rings. The lowest BCUT2D eigenvalue weighted by molar-refractivity contribution is 0.145. The SMILES string of the molecule is CCOCCCNC(=NCCCSC)NN. The van der Waals surface area contributed by atoms with Gasteiger partial charge in [0.25, 0.3) is 0 Å². The molecule has 0 saturated carbocycles. The third kappa shape index (κ3) is 10.1. The molecule has 0 unspecified atom stereocenters. The van der Waals surface area contributed by atoms with E-state index in [1.54, 1.807) is 0 Å². The predicted molar refractivity (Wildman–Crippen MR) is 71.7 cm³/mol. The molecule has 0 aromatic rings. The van der Waals surface area contributed by atoms with Crippen LogP contribution in [-0.2, 0) is 4.74 Å². The Labute approximate surface area is 103 Å². The molecule has 0 aromatic carbocycles. The van der Waals surface area contributed by atoms with Crippen molar-refractivity contribution in [1.29, 1.82) is 0 Å². The van der Waals surface area contributed by atoms with Crippen LogP contribution >= 0.6 is 11.8 Å². The molecule has 0 saturated heterocycles. The average Bonchev–Trinajstić information content (AvgIpc) is 2.31. The van der Waals surface area contributed by atoms with Crippen molar-refractivity contribution in [3.63, 3.8) is 0 Å². The fraction of sp³-hybridized carbons (Fsp3) is 0.900. The highest BCUT2D eigenvalue weighted by atomic mass is 32.2. The van der Waals surface area contributed by atoms with Gasteiger partial charge in [-0.15, -0.1) is 0 Å². The first-order valence-corrected chi connectivity index (χ1v) is 7.06. The van der Waals surface area contributed by atoms with Crippen LogP contribution in [0.4, 0.5) is 0 Å². The second-order valence-corrected chi connectivity index (χ2v) is 4.18. The number of hydrogen-bond acceptors (Lipinski definition) is 4. The van der Waals surface area contributed by atoms with E-state index >= 15 is 0 Å². The molecular formula is C10H24N4OS. The van der Waals surface area contributed by atoms with Crippen molar-refractivity contribution in [3.05, 3.63) is 0 Å². The fourth-order valence-corrected chi connectivity index (χ4v) is 1.50. The zero-order valence-electron chi connectivity index (χ0n) is 10.3. The summed E-state index contributed by atoms with van der Waals surface area (Å²) in [5, 5.41) is 3.13. The number of hydrazine groups is 1. The standard InChI is InChI=1S/C10H24N4OS/c1-3-15-8-4-6-12-10(14-11)13-7-5-9-16-2/h3-9,11H2,1-2H3,(H2,12,13,14). The Morgan fingerprint density at radius 2 is 2.25 bits per heavy atom. The van der Waals surface area contributed by atoms with E-state index in [0.29, 0.717) is 5.96 Å². The normalized spacial score (nSPS) is 11.6. The highest BCUT2D eigenvalue weighted by molar-refractivity contribution is 7.98. The van der Waals surface area contributed by atoms with Crippen LogP contribution in [0, 0.1) is 0 Å². The summed E-state index contributed by atoms with van der Waals surface area (Å²) in [5.74, 6) is 7.14. The Balaban J connectivity index is 3.49. The van der Waals surface area contributed by atoms with Crippen LogP contribution in [0.1, 0.15) is 19.8 Å². The minimum absolute atomic E-state index is 0.664. The maximum Gasteiger partial charge on any atom is 0.205 e. The number of guanidine groups is 1. The maximum atomic E-state index is 5.35. The van der Waals surface area contributed by atoms with E-state index < -0.39 is 0 Å². The Kier molecular flexibility index (Phi) is 12.2. The van der Waals surface area contributed by atoms with Crippen LogP contribution < -0.4 is 16.6 Å². The molecule has 0 heterocycles. The first-order chi connectivity index (χ1) is 7.85. The second-order valence-electron chi connectivity index (χ2n) is 3.20. The third-order valence-electron chi connectivity index (χ3n) is 1.88. The van der Waals surface area contributed by atoms with Crippen molar-refractivity contribution < 1.29 is 4.74 Å². The molecule has 0 fully saturated rings. The quantitative estimate of drug-likeness (QED) is 0.183. The Hall–Kier alpha value is -0.460. The van der Waals surface area contributed by atoms with E-state index in [0.717, 1.165) is 44.9 Å². The molecule has 0 aromatic heterocycles. The van der Waals surface area contributed by atoms with Crippen LogP contribution in [0.2, 0.25) is 0 Å². The predicted octanol–water partition coefficient (Wildman–Crippen LogP) is 0.575. The lowest BCUT2D eigenvalue weighted by Crippen LogP contribution is -2.42. The molecule has 0 radical (unpaired) electrons. The molecule has 0 aliphatic heterocycles. The van der Waals surface area contributed by atoms with E-state index in [9.17, 15) is 0 Å². The fourth-order valence-electron chi connectivity index (χ4n) is 1.08. The summed E-state index contributed by atoms with van der Waals surface area (Å²) in [6.45, 7) is 5.16. The van der Waals surface area contributed by atoms with Gasteiger partial charge in [0, 0.05) is 26.3 Å². The van der Waals surface area contributed by atoms with Gasteiger partial charge in [0.15, 0.2) is 0 Å². The minimum Gasteiger partial charge on any atom is -0.382 e. The molecular weight excluding hydrogens is 224 g/mol. The van der Waals surface area contributed by atoms with Gasteiger partial charge in [0.05, 0.1) is 0 Å². The highest BCUT2D eigenvalue weighted by Gasteiger charge is 1.94. The van der Waals surface area contributed by atoms with Crippen LogP contribution in [-0.4, -0.2) is 44.3 Å². The lowest BCUT2D eigenvalue weighted by Gasteiger charge is -2.08. The smallest absolute Gasteiger partial charge is 0.205 e. The largest absolute Gasteiger partial charge is 0.382 e. The molecule has 0 atom stereocenters. The summed E-state index contributed by atoms with van der Waals surface area (Å²) in [4.78, 5) is 4.31. The van der Waals surface area contributed by atoms with Gasteiger partial charge in [-0.05, 0) is 31.8 Å². The molecule has 96 valence electrons. The Morgan fingerprint density at radius 1 is 1.44 bits per heavy atom. The average molecular weight is 248 g/mol. The monoisotopic (exact) mass is 248 g/mol. The van der Waals surface area contributed by atoms with Gasteiger partial charge < -0.3 is 10.1 Å². The highest BCUT2D eigenvalue weighted by Crippen LogP contribution is 1.94. The number of rotatable bonds is 9. The van der Waals surface area contributed by atoms with Crippen molar-refractivity contribution in [2.45, 2.75) is 19.8 Å². The summed E-state index contributed by atoms with van der Waals surface area (Å²) < 4.78 is 5.23. The molecule has 6 heteroatoms. The topological polar surface area (TPSA) is 71.7 Å². The van der Waals surface area contributed by atoms with E-state index in [2.05, 4.69) is 22.0 Å². The molecule has 16 heavy (non-hydrogen) atoms. The van der Waals surface area contributed by atoms with E-state index in [1.165, 1.54) is 0 Å². The Morgan fingerprint density at radius 3 is 2.88 bits per heavy atom. The van der Waals surface area contributed by atoms with Crippen molar-refractivity contribution in [1.82, 2.24) is 10.7 Å². The third-order valence-corrected chi connectivity index (χ3v) is 2.57. The number of aliphatic imine (C=N–C) groups is 1. The van der Waals surface area contributed by atoms with Crippen molar-refractivity contribution in [3.8, 4) is 0 Å². The number of nitrogens with two attached hydrogens (primary N) is 1. The zero-order valence-corrected chi connectivity index (χ0v) is 11.1.